The Morgan fingerprint density at radius 1 is 1.00 bits per heavy atom. The molecule has 68 valence electrons. The van der Waals surface area contributed by atoms with Gasteiger partial charge in [-0.3, -0.25) is 0 Å². The minimum Gasteiger partial charge on any atom is -0.402 e. The van der Waals surface area contributed by atoms with Crippen LogP contribution < -0.4 is 0 Å². The van der Waals surface area contributed by atoms with Crippen LogP contribution in [0.5, 0.6) is 0 Å². The molecule has 2 aromatic rings. The van der Waals surface area contributed by atoms with Gasteiger partial charge in [0.1, 0.15) is 0 Å². The van der Waals surface area contributed by atoms with Crippen LogP contribution in [0.2, 0.25) is 0 Å². The van der Waals surface area contributed by atoms with Crippen molar-refractivity contribution in [2.45, 2.75) is 0 Å². The molecular weight excluding hydrogens is 169 g/mol. The lowest BCUT2D eigenvalue weighted by Crippen LogP contribution is -2.07. The number of aromatic amines is 1. The van der Waals surface area contributed by atoms with E-state index in [0.29, 0.717) is 0 Å². The molecule has 5 heteroatoms. The van der Waals surface area contributed by atoms with Crippen LogP contribution in [0.25, 0.3) is 10.9 Å². The summed E-state index contributed by atoms with van der Waals surface area (Å²) in [7, 11) is -2.17. The molecule has 0 saturated carbocycles. The van der Waals surface area contributed by atoms with Crippen molar-refractivity contribution >= 4 is 18.2 Å². The fourth-order valence-electron chi connectivity index (χ4n) is 0.995. The average molecular weight is 179 g/mol. The highest BCUT2D eigenvalue weighted by molar-refractivity contribution is 6.30. The Kier molecular flexibility index (Phi) is 3.51. The summed E-state index contributed by atoms with van der Waals surface area (Å²) in [5.41, 5.74) is 1.21. The summed E-state index contributed by atoms with van der Waals surface area (Å²) in [4.78, 5) is 3.12. The second-order valence-electron chi connectivity index (χ2n) is 2.41. The zero-order chi connectivity index (χ0) is 9.68. The van der Waals surface area contributed by atoms with Gasteiger partial charge >= 0.3 is 7.32 Å². The maximum absolute atomic E-state index is 7.17. The molecule has 0 radical (unpaired) electrons. The Labute approximate surface area is 75.6 Å². The number of fused-ring (bicyclic) bond motifs is 1. The van der Waals surface area contributed by atoms with Crippen molar-refractivity contribution in [2.75, 3.05) is 0 Å². The third-order valence-electron chi connectivity index (χ3n) is 1.46. The molecule has 2 rings (SSSR count). The highest BCUT2D eigenvalue weighted by atomic mass is 16.5. The van der Waals surface area contributed by atoms with Crippen molar-refractivity contribution < 1.29 is 15.1 Å². The van der Waals surface area contributed by atoms with Crippen molar-refractivity contribution in [3.63, 3.8) is 0 Å². The van der Waals surface area contributed by atoms with Crippen LogP contribution in [-0.2, 0) is 0 Å². The molecule has 13 heavy (non-hydrogen) atoms. The summed E-state index contributed by atoms with van der Waals surface area (Å²) in [5, 5.41) is 22.8. The lowest BCUT2D eigenvalue weighted by Gasteiger charge is -1.83. The van der Waals surface area contributed by atoms with E-state index in [1.807, 2.05) is 18.3 Å². The third kappa shape index (κ3) is 3.29. The summed E-state index contributed by atoms with van der Waals surface area (Å²) in [5.74, 6) is 0. The highest BCUT2D eigenvalue weighted by Crippen LogP contribution is 2.09. The largest absolute Gasteiger partial charge is 0.631 e. The van der Waals surface area contributed by atoms with E-state index < -0.39 is 7.32 Å². The summed E-state index contributed by atoms with van der Waals surface area (Å²) >= 11 is 0. The van der Waals surface area contributed by atoms with E-state index >= 15 is 0 Å². The molecule has 0 fully saturated rings. The van der Waals surface area contributed by atoms with Gasteiger partial charge in [0, 0.05) is 11.7 Å². The van der Waals surface area contributed by atoms with Gasteiger partial charge in [-0.1, -0.05) is 18.2 Å². The predicted octanol–water partition coefficient (Wildman–Crippen LogP) is 0.116. The molecule has 4 nitrogen and oxygen atoms in total. The number of rotatable bonds is 0. The van der Waals surface area contributed by atoms with Gasteiger partial charge in [-0.2, -0.15) is 0 Å². The Morgan fingerprint density at radius 2 is 1.62 bits per heavy atom. The monoisotopic (exact) mass is 179 g/mol. The van der Waals surface area contributed by atoms with E-state index in [0.717, 1.165) is 0 Å². The Balaban J connectivity index is 0.000000184. The van der Waals surface area contributed by atoms with Gasteiger partial charge in [-0.25, -0.2) is 0 Å². The van der Waals surface area contributed by atoms with Gasteiger partial charge in [0.15, 0.2) is 0 Å². The van der Waals surface area contributed by atoms with E-state index in [2.05, 4.69) is 23.2 Å². The smallest absolute Gasteiger partial charge is 0.402 e. The van der Waals surface area contributed by atoms with Gasteiger partial charge in [0.25, 0.3) is 0 Å². The van der Waals surface area contributed by atoms with Crippen molar-refractivity contribution in [3.05, 3.63) is 36.5 Å². The molecule has 0 aliphatic rings. The molecule has 0 amide bonds. The minimum absolute atomic E-state index is 1.21. The minimum atomic E-state index is -2.17. The van der Waals surface area contributed by atoms with Crippen LogP contribution in [-0.4, -0.2) is 27.4 Å². The zero-order valence-electron chi connectivity index (χ0n) is 6.88. The van der Waals surface area contributed by atoms with Crippen LogP contribution in [0.1, 0.15) is 0 Å². The standard InChI is InChI=1S/C8H7N.BH3O3/c1-2-4-8-7(3-1)5-6-9-8;2-1(3)4/h1-6,9H;2-4H. The number of hydrogen-bond donors (Lipinski definition) is 4. The summed E-state index contributed by atoms with van der Waals surface area (Å²) in [6.45, 7) is 0. The van der Waals surface area contributed by atoms with Gasteiger partial charge < -0.3 is 20.1 Å². The maximum Gasteiger partial charge on any atom is 0.631 e. The second-order valence-corrected chi connectivity index (χ2v) is 2.41. The molecule has 0 bridgehead atoms. The predicted molar refractivity (Wildman–Crippen MR) is 50.7 cm³/mol. The van der Waals surface area contributed by atoms with Crippen molar-refractivity contribution in [1.82, 2.24) is 4.98 Å². The lowest BCUT2D eigenvalue weighted by atomic mass is 10.3. The van der Waals surface area contributed by atoms with Crippen molar-refractivity contribution in [3.8, 4) is 0 Å². The van der Waals surface area contributed by atoms with Crippen LogP contribution >= 0.6 is 0 Å². The molecule has 1 aromatic carbocycles. The number of aromatic nitrogens is 1. The van der Waals surface area contributed by atoms with E-state index in [1.165, 1.54) is 10.9 Å². The molecule has 0 unspecified atom stereocenters. The molecule has 0 aliphatic carbocycles. The quantitative estimate of drug-likeness (QED) is 0.433. The van der Waals surface area contributed by atoms with E-state index in [-0.39, 0.29) is 0 Å². The first kappa shape index (κ1) is 9.79. The highest BCUT2D eigenvalue weighted by Gasteiger charge is 1.92. The number of benzene rings is 1. The first-order valence-corrected chi connectivity index (χ1v) is 3.76. The van der Waals surface area contributed by atoms with Crippen molar-refractivity contribution in [1.29, 1.82) is 0 Å². The van der Waals surface area contributed by atoms with E-state index in [1.54, 1.807) is 0 Å². The first-order chi connectivity index (χ1) is 6.20. The number of nitrogens with one attached hydrogen (secondary N) is 1. The van der Waals surface area contributed by atoms with Crippen molar-refractivity contribution in [2.24, 2.45) is 0 Å². The number of hydrogen-bond acceptors (Lipinski definition) is 3. The van der Waals surface area contributed by atoms with E-state index in [4.69, 9.17) is 15.1 Å². The Bertz CT molecular complexity index is 328. The van der Waals surface area contributed by atoms with Gasteiger partial charge in [0.05, 0.1) is 0 Å². The van der Waals surface area contributed by atoms with Gasteiger partial charge in [-0.05, 0) is 17.5 Å². The Morgan fingerprint density at radius 3 is 2.23 bits per heavy atom. The van der Waals surface area contributed by atoms with Gasteiger partial charge in [0.2, 0.25) is 0 Å². The molecule has 1 heterocycles. The zero-order valence-corrected chi connectivity index (χ0v) is 6.88. The average Bonchev–Trinajstić information content (AvgIpc) is 2.49. The summed E-state index contributed by atoms with van der Waals surface area (Å²) in [6, 6.07) is 10.3. The first-order valence-electron chi connectivity index (χ1n) is 3.76. The molecule has 1 aromatic heterocycles. The molecule has 0 saturated heterocycles. The second kappa shape index (κ2) is 4.66. The summed E-state index contributed by atoms with van der Waals surface area (Å²) in [6.07, 6.45) is 1.95. The maximum atomic E-state index is 7.17. The topological polar surface area (TPSA) is 76.5 Å². The van der Waals surface area contributed by atoms with Crippen LogP contribution in [0.15, 0.2) is 36.5 Å². The molecule has 4 N–H and O–H groups in total. The van der Waals surface area contributed by atoms with E-state index in [9.17, 15) is 0 Å². The molecular formula is C8H10BNO3. The van der Waals surface area contributed by atoms with Crippen LogP contribution in [0.3, 0.4) is 0 Å². The molecule has 0 atom stereocenters. The number of H-pyrrole nitrogens is 1. The summed E-state index contributed by atoms with van der Waals surface area (Å²) < 4.78 is 0. The molecule has 0 spiro atoms. The lowest BCUT2D eigenvalue weighted by molar-refractivity contribution is 0.278. The third-order valence-corrected chi connectivity index (χ3v) is 1.46. The fraction of sp³-hybridized carbons (Fsp3) is 0. The number of para-hydroxylation sites is 1. The van der Waals surface area contributed by atoms with Gasteiger partial charge in [-0.15, -0.1) is 0 Å². The SMILES string of the molecule is OB(O)O.c1ccc2[nH]ccc2c1. The Hall–Kier alpha value is -1.30. The molecule has 0 aliphatic heterocycles. The van der Waals surface area contributed by atoms with Crippen LogP contribution in [0, 0.1) is 0 Å². The normalized spacial score (nSPS) is 9.15. The fourth-order valence-corrected chi connectivity index (χ4v) is 0.995. The van der Waals surface area contributed by atoms with Crippen LogP contribution in [0.4, 0.5) is 0 Å².